The molecule has 1 saturated heterocycles. The average Bonchev–Trinajstić information content (AvgIpc) is 2.90. The highest BCUT2D eigenvalue weighted by Gasteiger charge is 2.18. The van der Waals surface area contributed by atoms with Crippen molar-refractivity contribution in [1.29, 1.82) is 0 Å². The zero-order chi connectivity index (χ0) is 27.9. The first-order valence-electron chi connectivity index (χ1n) is 13.4. The van der Waals surface area contributed by atoms with Gasteiger partial charge in [0.25, 0.3) is 0 Å². The Labute approximate surface area is 229 Å². The van der Waals surface area contributed by atoms with Crippen molar-refractivity contribution in [3.8, 4) is 0 Å². The summed E-state index contributed by atoms with van der Waals surface area (Å²) in [6.07, 6.45) is 11.8. The monoisotopic (exact) mass is 525 g/mol. The van der Waals surface area contributed by atoms with Crippen LogP contribution in [0.25, 0.3) is 0 Å². The van der Waals surface area contributed by atoms with Crippen molar-refractivity contribution in [3.63, 3.8) is 0 Å². The van der Waals surface area contributed by atoms with Gasteiger partial charge in [0, 0.05) is 61.9 Å². The van der Waals surface area contributed by atoms with Crippen LogP contribution in [0.3, 0.4) is 0 Å². The molecule has 0 aromatic rings. The topological polar surface area (TPSA) is 84.9 Å². The number of ether oxygens (including phenoxy) is 3. The van der Waals surface area contributed by atoms with Crippen LogP contribution in [0.2, 0.25) is 0 Å². The number of nitrogens with zero attached hydrogens (tertiary/aromatic N) is 4. The first-order chi connectivity index (χ1) is 18.3. The lowest BCUT2D eigenvalue weighted by Gasteiger charge is -2.36. The molecular weight excluding hydrogens is 478 g/mol. The van der Waals surface area contributed by atoms with Gasteiger partial charge in [-0.05, 0) is 70.5 Å². The molecule has 0 atom stereocenters. The van der Waals surface area contributed by atoms with Crippen molar-refractivity contribution in [2.75, 3.05) is 66.8 Å². The molecule has 2 N–H and O–H groups in total. The van der Waals surface area contributed by atoms with Gasteiger partial charge in [-0.1, -0.05) is 18.7 Å². The summed E-state index contributed by atoms with van der Waals surface area (Å²) in [6.45, 7) is 18.3. The SMILES string of the molecule is C=C(COC/C=C\C)/C(=C\C=C(/C)N=C(N)N=C(C)C1=CC(COCC)=C(OC)CC1)N1CCN(C)CC1. The predicted octanol–water partition coefficient (Wildman–Crippen LogP) is 4.60. The second-order valence-corrected chi connectivity index (χ2v) is 9.46. The predicted molar refractivity (Wildman–Crippen MR) is 158 cm³/mol. The van der Waals surface area contributed by atoms with Crippen LogP contribution >= 0.6 is 0 Å². The molecule has 0 saturated carbocycles. The number of aliphatic imine (C=N–C) groups is 2. The molecule has 1 fully saturated rings. The van der Waals surface area contributed by atoms with Gasteiger partial charge in [0.2, 0.25) is 5.96 Å². The molecule has 2 aliphatic rings. The molecule has 0 amide bonds. The quantitative estimate of drug-likeness (QED) is 0.124. The van der Waals surface area contributed by atoms with Gasteiger partial charge < -0.3 is 29.7 Å². The second kappa shape index (κ2) is 16.8. The zero-order valence-corrected chi connectivity index (χ0v) is 24.3. The Morgan fingerprint density at radius 3 is 2.50 bits per heavy atom. The maximum absolute atomic E-state index is 6.22. The number of hydrogen-bond donors (Lipinski definition) is 1. The largest absolute Gasteiger partial charge is 0.501 e. The Morgan fingerprint density at radius 2 is 1.84 bits per heavy atom. The van der Waals surface area contributed by atoms with E-state index in [2.05, 4.69) is 45.6 Å². The summed E-state index contributed by atoms with van der Waals surface area (Å²) in [5.41, 5.74) is 12.0. The minimum atomic E-state index is 0.230. The summed E-state index contributed by atoms with van der Waals surface area (Å²) in [7, 11) is 3.85. The van der Waals surface area contributed by atoms with E-state index in [4.69, 9.17) is 19.9 Å². The van der Waals surface area contributed by atoms with Gasteiger partial charge in [-0.3, -0.25) is 0 Å². The molecule has 0 unspecified atom stereocenters. The minimum absolute atomic E-state index is 0.230. The standard InChI is InChI=1S/C30H47N5O3/c1-8-10-19-38-21-23(3)28(35-17-15-34(6)16-18-35)13-11-24(4)32-30(31)33-25(5)26-12-14-29(36-7)27(20-26)22-37-9-2/h8,10-11,13,20H,3,9,12,14-19,21-22H2,1-2,4-7H3,(H2,31,32)/b10-8-,24-11+,28-13+,33-25?. The number of nitrogens with two attached hydrogens (primary N) is 1. The smallest absolute Gasteiger partial charge is 0.220 e. The number of guanidine groups is 1. The van der Waals surface area contributed by atoms with Crippen LogP contribution in [-0.4, -0.2) is 88.2 Å². The molecule has 0 aromatic carbocycles. The van der Waals surface area contributed by atoms with Gasteiger partial charge in [-0.25, -0.2) is 9.98 Å². The molecule has 1 heterocycles. The molecule has 2 rings (SSSR count). The number of likely N-dealkylation sites (N-methyl/N-ethyl adjacent to an activating group) is 1. The summed E-state index contributed by atoms with van der Waals surface area (Å²) >= 11 is 0. The van der Waals surface area contributed by atoms with E-state index in [9.17, 15) is 0 Å². The van der Waals surface area contributed by atoms with Crippen LogP contribution in [0.15, 0.2) is 80.8 Å². The summed E-state index contributed by atoms with van der Waals surface area (Å²) < 4.78 is 16.9. The van der Waals surface area contributed by atoms with Crippen LogP contribution in [0, 0.1) is 0 Å². The first kappa shape index (κ1) is 31.3. The highest BCUT2D eigenvalue weighted by Crippen LogP contribution is 2.26. The van der Waals surface area contributed by atoms with E-state index < -0.39 is 0 Å². The molecule has 8 nitrogen and oxygen atoms in total. The molecule has 0 spiro atoms. The molecule has 0 bridgehead atoms. The van der Waals surface area contributed by atoms with E-state index in [1.807, 2.05) is 45.9 Å². The molecule has 8 heteroatoms. The van der Waals surface area contributed by atoms with Crippen molar-refractivity contribution < 1.29 is 14.2 Å². The van der Waals surface area contributed by atoms with E-state index in [-0.39, 0.29) is 5.96 Å². The molecule has 0 radical (unpaired) electrons. The third kappa shape index (κ3) is 10.4. The van der Waals surface area contributed by atoms with Crippen LogP contribution in [-0.2, 0) is 14.2 Å². The Morgan fingerprint density at radius 1 is 1.11 bits per heavy atom. The summed E-state index contributed by atoms with van der Waals surface area (Å²) in [4.78, 5) is 13.8. The van der Waals surface area contributed by atoms with E-state index in [0.717, 1.165) is 78.6 Å². The van der Waals surface area contributed by atoms with Crippen molar-refractivity contribution >= 4 is 11.7 Å². The van der Waals surface area contributed by atoms with E-state index in [1.54, 1.807) is 7.11 Å². The Kier molecular flexibility index (Phi) is 13.8. The highest BCUT2D eigenvalue weighted by atomic mass is 16.5. The van der Waals surface area contributed by atoms with E-state index in [1.165, 1.54) is 0 Å². The summed E-state index contributed by atoms with van der Waals surface area (Å²) in [5.74, 6) is 1.19. The Balaban J connectivity index is 2.19. The number of hydrogen-bond acceptors (Lipinski definition) is 6. The van der Waals surface area contributed by atoms with Crippen molar-refractivity contribution in [3.05, 3.63) is 70.8 Å². The van der Waals surface area contributed by atoms with Crippen LogP contribution < -0.4 is 5.73 Å². The molecule has 38 heavy (non-hydrogen) atoms. The number of methoxy groups -OCH3 is 1. The minimum Gasteiger partial charge on any atom is -0.501 e. The average molecular weight is 526 g/mol. The normalized spacial score (nSPS) is 18.9. The Hall–Kier alpha value is -2.94. The van der Waals surface area contributed by atoms with E-state index in [0.29, 0.717) is 26.4 Å². The number of piperazine rings is 1. The summed E-state index contributed by atoms with van der Waals surface area (Å²) in [5, 5.41) is 0. The van der Waals surface area contributed by atoms with Crippen LogP contribution in [0.5, 0.6) is 0 Å². The fourth-order valence-corrected chi connectivity index (χ4v) is 4.23. The van der Waals surface area contributed by atoms with Crippen molar-refractivity contribution in [2.45, 2.75) is 40.5 Å². The second-order valence-electron chi connectivity index (χ2n) is 9.46. The Bertz CT molecular complexity index is 1010. The molecule has 0 aromatic heterocycles. The fraction of sp³-hybridized carbons (Fsp3) is 0.533. The van der Waals surface area contributed by atoms with Gasteiger partial charge in [0.15, 0.2) is 0 Å². The number of allylic oxidation sites excluding steroid dienone is 6. The fourth-order valence-electron chi connectivity index (χ4n) is 4.23. The lowest BCUT2D eigenvalue weighted by Crippen LogP contribution is -2.44. The van der Waals surface area contributed by atoms with Gasteiger partial charge in [-0.15, -0.1) is 0 Å². The molecule has 1 aliphatic heterocycles. The maximum Gasteiger partial charge on any atom is 0.220 e. The van der Waals surface area contributed by atoms with Crippen LogP contribution in [0.1, 0.15) is 40.5 Å². The van der Waals surface area contributed by atoms with E-state index >= 15 is 0 Å². The third-order valence-electron chi connectivity index (χ3n) is 6.49. The molecule has 1 aliphatic carbocycles. The number of rotatable bonds is 13. The first-order valence-corrected chi connectivity index (χ1v) is 13.4. The van der Waals surface area contributed by atoms with Crippen molar-refractivity contribution in [1.82, 2.24) is 9.80 Å². The molecule has 210 valence electrons. The van der Waals surface area contributed by atoms with Crippen molar-refractivity contribution in [2.24, 2.45) is 15.7 Å². The van der Waals surface area contributed by atoms with Gasteiger partial charge in [0.1, 0.15) is 5.76 Å². The zero-order valence-electron chi connectivity index (χ0n) is 24.3. The lowest BCUT2D eigenvalue weighted by molar-refractivity contribution is 0.165. The lowest BCUT2D eigenvalue weighted by atomic mass is 9.95. The van der Waals surface area contributed by atoms with Gasteiger partial charge in [-0.2, -0.15) is 0 Å². The maximum atomic E-state index is 6.22. The highest BCUT2D eigenvalue weighted by molar-refractivity contribution is 6.05. The molecular formula is C30H47N5O3. The third-order valence-corrected chi connectivity index (χ3v) is 6.49. The van der Waals surface area contributed by atoms with Gasteiger partial charge >= 0.3 is 0 Å². The van der Waals surface area contributed by atoms with Gasteiger partial charge in [0.05, 0.1) is 26.9 Å². The van der Waals surface area contributed by atoms with Crippen LogP contribution in [0.4, 0.5) is 0 Å². The summed E-state index contributed by atoms with van der Waals surface area (Å²) in [6, 6.07) is 0.